The Hall–Kier alpha value is -1.10. The predicted molar refractivity (Wildman–Crippen MR) is 64.8 cm³/mol. The molecule has 0 aromatic carbocycles. The molecule has 3 fully saturated rings. The molecule has 0 aromatic heterocycles. The van der Waals surface area contributed by atoms with Crippen LogP contribution in [0.2, 0.25) is 0 Å². The first-order chi connectivity index (χ1) is 8.74. The van der Waals surface area contributed by atoms with Crippen LogP contribution in [0.3, 0.4) is 0 Å². The molecule has 0 bridgehead atoms. The molecule has 0 spiro atoms. The van der Waals surface area contributed by atoms with Crippen LogP contribution >= 0.6 is 0 Å². The summed E-state index contributed by atoms with van der Waals surface area (Å²) in [6, 6.07) is -0.269. The van der Waals surface area contributed by atoms with E-state index < -0.39 is 0 Å². The van der Waals surface area contributed by atoms with Crippen LogP contribution in [-0.4, -0.2) is 48.6 Å². The van der Waals surface area contributed by atoms with E-state index in [9.17, 15) is 9.59 Å². The molecule has 0 radical (unpaired) electrons. The monoisotopic (exact) mass is 252 g/mol. The van der Waals surface area contributed by atoms with Crippen LogP contribution in [0.5, 0.6) is 0 Å². The maximum atomic E-state index is 12.3. The Bertz CT molecular complexity index is 348. The van der Waals surface area contributed by atoms with Crippen molar-refractivity contribution >= 4 is 11.8 Å². The highest BCUT2D eigenvalue weighted by molar-refractivity contribution is 5.95. The number of ether oxygens (including phenoxy) is 1. The summed E-state index contributed by atoms with van der Waals surface area (Å²) in [5, 5.41) is 2.82. The smallest absolute Gasteiger partial charge is 0.245 e. The highest BCUT2D eigenvalue weighted by Gasteiger charge is 2.43. The molecular formula is C13H20N2O3. The zero-order valence-electron chi connectivity index (χ0n) is 10.6. The van der Waals surface area contributed by atoms with E-state index in [4.69, 9.17) is 4.74 Å². The fourth-order valence-electron chi connectivity index (χ4n) is 2.83. The van der Waals surface area contributed by atoms with E-state index in [2.05, 4.69) is 5.32 Å². The van der Waals surface area contributed by atoms with Crippen LogP contribution in [-0.2, 0) is 14.3 Å². The third-order valence-electron chi connectivity index (χ3n) is 4.02. The summed E-state index contributed by atoms with van der Waals surface area (Å²) >= 11 is 0. The molecule has 2 amide bonds. The fourth-order valence-corrected chi connectivity index (χ4v) is 2.83. The van der Waals surface area contributed by atoms with Gasteiger partial charge in [0.2, 0.25) is 11.8 Å². The first-order valence-corrected chi connectivity index (χ1v) is 6.94. The molecule has 2 saturated heterocycles. The number of piperazine rings is 1. The summed E-state index contributed by atoms with van der Waals surface area (Å²) in [4.78, 5) is 25.6. The van der Waals surface area contributed by atoms with Gasteiger partial charge in [0.25, 0.3) is 0 Å². The third kappa shape index (κ3) is 2.51. The van der Waals surface area contributed by atoms with Crippen LogP contribution in [0, 0.1) is 5.92 Å². The van der Waals surface area contributed by atoms with Gasteiger partial charge in [0.1, 0.15) is 6.04 Å². The van der Waals surface area contributed by atoms with Gasteiger partial charge in [0, 0.05) is 13.2 Å². The molecule has 2 atom stereocenters. The number of nitrogens with zero attached hydrogens (tertiary/aromatic N) is 1. The Morgan fingerprint density at radius 3 is 2.72 bits per heavy atom. The maximum Gasteiger partial charge on any atom is 0.245 e. The van der Waals surface area contributed by atoms with Crippen molar-refractivity contribution in [1.82, 2.24) is 10.2 Å². The largest absolute Gasteiger partial charge is 0.376 e. The molecule has 100 valence electrons. The van der Waals surface area contributed by atoms with E-state index in [1.807, 2.05) is 0 Å². The topological polar surface area (TPSA) is 58.6 Å². The number of rotatable bonds is 3. The van der Waals surface area contributed by atoms with Gasteiger partial charge in [-0.15, -0.1) is 0 Å². The van der Waals surface area contributed by atoms with Crippen LogP contribution in [0.4, 0.5) is 0 Å². The van der Waals surface area contributed by atoms with Gasteiger partial charge in [-0.05, 0) is 38.0 Å². The minimum absolute atomic E-state index is 0.0256. The lowest BCUT2D eigenvalue weighted by atomic mass is 10.1. The van der Waals surface area contributed by atoms with Gasteiger partial charge in [-0.2, -0.15) is 0 Å². The average molecular weight is 252 g/mol. The van der Waals surface area contributed by atoms with Crippen LogP contribution in [0.25, 0.3) is 0 Å². The number of nitrogens with one attached hydrogen (secondary N) is 1. The molecule has 2 heterocycles. The summed E-state index contributed by atoms with van der Waals surface area (Å²) < 4.78 is 5.65. The van der Waals surface area contributed by atoms with E-state index in [-0.39, 0.29) is 30.5 Å². The van der Waals surface area contributed by atoms with Crippen LogP contribution < -0.4 is 5.32 Å². The molecule has 5 nitrogen and oxygen atoms in total. The highest BCUT2D eigenvalue weighted by atomic mass is 16.5. The van der Waals surface area contributed by atoms with Crippen molar-refractivity contribution in [3.63, 3.8) is 0 Å². The Kier molecular flexibility index (Phi) is 3.24. The van der Waals surface area contributed by atoms with Gasteiger partial charge in [0.05, 0.1) is 12.6 Å². The zero-order chi connectivity index (χ0) is 12.5. The van der Waals surface area contributed by atoms with Crippen molar-refractivity contribution in [3.8, 4) is 0 Å². The molecule has 1 aliphatic carbocycles. The van der Waals surface area contributed by atoms with Crippen molar-refractivity contribution in [3.05, 3.63) is 0 Å². The molecule has 18 heavy (non-hydrogen) atoms. The minimum Gasteiger partial charge on any atom is -0.376 e. The number of amides is 2. The molecule has 2 aliphatic heterocycles. The van der Waals surface area contributed by atoms with E-state index in [1.165, 1.54) is 0 Å². The maximum absolute atomic E-state index is 12.3. The van der Waals surface area contributed by atoms with Gasteiger partial charge in [-0.25, -0.2) is 0 Å². The lowest BCUT2D eigenvalue weighted by molar-refractivity contribution is -0.147. The zero-order valence-corrected chi connectivity index (χ0v) is 10.6. The van der Waals surface area contributed by atoms with Gasteiger partial charge >= 0.3 is 0 Å². The summed E-state index contributed by atoms with van der Waals surface area (Å²) in [5.74, 6) is 0.435. The molecule has 0 aromatic rings. The van der Waals surface area contributed by atoms with Gasteiger partial charge in [-0.3, -0.25) is 9.59 Å². The van der Waals surface area contributed by atoms with Crippen LogP contribution in [0.1, 0.15) is 32.1 Å². The standard InChI is InChI=1S/C13H20N2O3/c16-11-8-15(7-10-3-1-2-6-18-10)13(17)12(14-11)9-4-5-9/h9-10,12H,1-8H2,(H,14,16). The molecule has 1 N–H and O–H groups in total. The number of carbonyl (C=O) groups is 2. The van der Waals surface area contributed by atoms with E-state index in [0.29, 0.717) is 12.5 Å². The Morgan fingerprint density at radius 1 is 1.22 bits per heavy atom. The predicted octanol–water partition coefficient (Wildman–Crippen LogP) is 0.293. The van der Waals surface area contributed by atoms with Gasteiger partial charge < -0.3 is 15.0 Å². The Morgan fingerprint density at radius 2 is 2.06 bits per heavy atom. The number of hydrogen-bond donors (Lipinski definition) is 1. The highest BCUT2D eigenvalue weighted by Crippen LogP contribution is 2.34. The molecule has 3 aliphatic rings. The summed E-state index contributed by atoms with van der Waals surface area (Å²) in [7, 11) is 0. The molecule has 2 unspecified atom stereocenters. The summed E-state index contributed by atoms with van der Waals surface area (Å²) in [6.45, 7) is 1.56. The first kappa shape index (κ1) is 12.0. The second-order valence-electron chi connectivity index (χ2n) is 5.59. The van der Waals surface area contributed by atoms with Crippen molar-refractivity contribution in [1.29, 1.82) is 0 Å². The molecule has 5 heteroatoms. The van der Waals surface area contributed by atoms with Crippen LogP contribution in [0.15, 0.2) is 0 Å². The Balaban J connectivity index is 1.62. The molecule has 1 saturated carbocycles. The quantitative estimate of drug-likeness (QED) is 0.785. The fraction of sp³-hybridized carbons (Fsp3) is 0.846. The van der Waals surface area contributed by atoms with E-state index in [0.717, 1.165) is 38.7 Å². The summed E-state index contributed by atoms with van der Waals surface area (Å²) in [6.07, 6.45) is 5.50. The normalized spacial score (nSPS) is 33.4. The lowest BCUT2D eigenvalue weighted by Crippen LogP contribution is -2.60. The van der Waals surface area contributed by atoms with Gasteiger partial charge in [-0.1, -0.05) is 0 Å². The van der Waals surface area contributed by atoms with Crippen molar-refractivity contribution in [2.45, 2.75) is 44.2 Å². The number of hydrogen-bond acceptors (Lipinski definition) is 3. The van der Waals surface area contributed by atoms with E-state index in [1.54, 1.807) is 4.90 Å². The second-order valence-corrected chi connectivity index (χ2v) is 5.59. The van der Waals surface area contributed by atoms with Gasteiger partial charge in [0.15, 0.2) is 0 Å². The lowest BCUT2D eigenvalue weighted by Gasteiger charge is -2.35. The second kappa shape index (κ2) is 4.88. The molecular weight excluding hydrogens is 232 g/mol. The van der Waals surface area contributed by atoms with Crippen molar-refractivity contribution in [2.75, 3.05) is 19.7 Å². The number of carbonyl (C=O) groups excluding carboxylic acids is 2. The van der Waals surface area contributed by atoms with Crippen molar-refractivity contribution in [2.24, 2.45) is 5.92 Å². The SMILES string of the molecule is O=C1CN(CC2CCCCO2)C(=O)C(C2CC2)N1. The van der Waals surface area contributed by atoms with Crippen molar-refractivity contribution < 1.29 is 14.3 Å². The summed E-state index contributed by atoms with van der Waals surface area (Å²) in [5.41, 5.74) is 0. The third-order valence-corrected chi connectivity index (χ3v) is 4.02. The first-order valence-electron chi connectivity index (χ1n) is 6.94. The van der Waals surface area contributed by atoms with E-state index >= 15 is 0 Å². The minimum atomic E-state index is -0.269. The Labute approximate surface area is 107 Å². The molecule has 3 rings (SSSR count). The average Bonchev–Trinajstić information content (AvgIpc) is 3.19.